The molecule has 2 heterocycles. The van der Waals surface area contributed by atoms with Gasteiger partial charge in [0, 0.05) is 18.9 Å². The number of rotatable bonds is 3. The number of nitrogens with zero attached hydrogens (tertiary/aromatic N) is 2. The number of fused-ring (bicyclic) bond motifs is 1. The largest absolute Gasteiger partial charge is 0.478 e. The van der Waals surface area contributed by atoms with E-state index in [2.05, 4.69) is 5.10 Å². The van der Waals surface area contributed by atoms with Gasteiger partial charge in [-0.05, 0) is 13.0 Å². The van der Waals surface area contributed by atoms with E-state index in [-0.39, 0.29) is 11.7 Å². The average Bonchev–Trinajstić information content (AvgIpc) is 2.66. The van der Waals surface area contributed by atoms with Gasteiger partial charge in [0.15, 0.2) is 0 Å². The zero-order chi connectivity index (χ0) is 12.6. The number of hydrogen-bond donors (Lipinski definition) is 1. The highest BCUT2D eigenvalue weighted by Crippen LogP contribution is 2.27. The number of hydrogen-bond acceptors (Lipinski definition) is 3. The van der Waals surface area contributed by atoms with Crippen molar-refractivity contribution in [2.75, 3.05) is 7.11 Å². The second kappa shape index (κ2) is 4.35. The minimum Gasteiger partial charge on any atom is -0.478 e. The van der Waals surface area contributed by atoms with Crippen LogP contribution in [0, 0.1) is 0 Å². The summed E-state index contributed by atoms with van der Waals surface area (Å²) in [6.45, 7) is 1.78. The molecule has 2 aromatic rings. The number of aromatic nitrogens is 2. The van der Waals surface area contributed by atoms with Crippen LogP contribution < -0.4 is 0 Å². The van der Waals surface area contributed by atoms with Gasteiger partial charge in [0.25, 0.3) is 0 Å². The molecule has 0 radical (unpaired) electrons. The maximum absolute atomic E-state index is 11.2. The summed E-state index contributed by atoms with van der Waals surface area (Å²) >= 11 is 5.89. The third-order valence-electron chi connectivity index (χ3n) is 2.63. The first-order chi connectivity index (χ1) is 8.04. The fraction of sp³-hybridized carbons (Fsp3) is 0.273. The van der Waals surface area contributed by atoms with E-state index in [0.29, 0.717) is 16.1 Å². The summed E-state index contributed by atoms with van der Waals surface area (Å²) in [5, 5.41) is 13.6. The Kier molecular flexibility index (Phi) is 3.04. The van der Waals surface area contributed by atoms with E-state index >= 15 is 0 Å². The molecule has 0 fully saturated rings. The fourth-order valence-corrected chi connectivity index (χ4v) is 1.96. The SMILES string of the molecule is COC(C)c1c(C(=O)O)cnn2cc(Cl)cc12. The van der Waals surface area contributed by atoms with Crippen LogP contribution in [0.3, 0.4) is 0 Å². The van der Waals surface area contributed by atoms with Gasteiger partial charge < -0.3 is 9.84 Å². The Hall–Kier alpha value is -1.59. The van der Waals surface area contributed by atoms with Crippen molar-refractivity contribution in [2.24, 2.45) is 0 Å². The molecule has 2 aromatic heterocycles. The molecule has 0 aliphatic carbocycles. The molecule has 17 heavy (non-hydrogen) atoms. The monoisotopic (exact) mass is 254 g/mol. The van der Waals surface area contributed by atoms with Crippen LogP contribution in [-0.4, -0.2) is 27.8 Å². The Morgan fingerprint density at radius 3 is 2.94 bits per heavy atom. The van der Waals surface area contributed by atoms with E-state index in [1.165, 1.54) is 13.3 Å². The van der Waals surface area contributed by atoms with Crippen LogP contribution in [0.5, 0.6) is 0 Å². The minimum atomic E-state index is -1.03. The van der Waals surface area contributed by atoms with E-state index in [0.717, 1.165) is 0 Å². The molecule has 2 rings (SSSR count). The lowest BCUT2D eigenvalue weighted by Crippen LogP contribution is -2.10. The van der Waals surface area contributed by atoms with Gasteiger partial charge in [0.05, 0.1) is 28.4 Å². The summed E-state index contributed by atoms with van der Waals surface area (Å²) in [6, 6.07) is 1.67. The Morgan fingerprint density at radius 1 is 1.65 bits per heavy atom. The second-order valence-electron chi connectivity index (χ2n) is 3.64. The maximum atomic E-state index is 11.2. The molecule has 0 spiro atoms. The Bertz CT molecular complexity index is 579. The van der Waals surface area contributed by atoms with Crippen LogP contribution in [0.1, 0.15) is 28.9 Å². The first-order valence-corrected chi connectivity index (χ1v) is 5.35. The van der Waals surface area contributed by atoms with Crippen molar-refractivity contribution in [1.29, 1.82) is 0 Å². The number of aromatic carboxylic acids is 1. The quantitative estimate of drug-likeness (QED) is 0.913. The average molecular weight is 255 g/mol. The molecule has 1 unspecified atom stereocenters. The summed E-state index contributed by atoms with van der Waals surface area (Å²) in [6.07, 6.45) is 2.57. The summed E-state index contributed by atoms with van der Waals surface area (Å²) in [5.41, 5.74) is 1.34. The molecule has 0 amide bonds. The number of carbonyl (C=O) groups is 1. The van der Waals surface area contributed by atoms with E-state index in [4.69, 9.17) is 21.4 Å². The molecule has 6 heteroatoms. The van der Waals surface area contributed by atoms with Crippen molar-refractivity contribution in [1.82, 2.24) is 9.61 Å². The van der Waals surface area contributed by atoms with Gasteiger partial charge >= 0.3 is 5.97 Å². The fourth-order valence-electron chi connectivity index (χ4n) is 1.76. The predicted octanol–water partition coefficient (Wildman–Crippen LogP) is 2.39. The first kappa shape index (κ1) is 11.9. The van der Waals surface area contributed by atoms with Crippen molar-refractivity contribution < 1.29 is 14.6 Å². The Balaban J connectivity index is 2.78. The molecule has 0 saturated heterocycles. The molecule has 5 nitrogen and oxygen atoms in total. The standard InChI is InChI=1S/C11H11ClN2O3/c1-6(17-2)10-8(11(15)16)4-13-14-5-7(12)3-9(10)14/h3-6H,1-2H3,(H,15,16). The topological polar surface area (TPSA) is 63.8 Å². The number of carboxylic acids is 1. The summed E-state index contributed by atoms with van der Waals surface area (Å²) in [4.78, 5) is 11.2. The zero-order valence-corrected chi connectivity index (χ0v) is 10.1. The molecule has 0 aliphatic rings. The van der Waals surface area contributed by atoms with Crippen LogP contribution >= 0.6 is 11.6 Å². The lowest BCUT2D eigenvalue weighted by Gasteiger charge is -2.14. The molecule has 0 aromatic carbocycles. The van der Waals surface area contributed by atoms with Crippen molar-refractivity contribution >= 4 is 23.1 Å². The molecule has 0 bridgehead atoms. The molecular formula is C11H11ClN2O3. The van der Waals surface area contributed by atoms with Gasteiger partial charge in [-0.3, -0.25) is 0 Å². The summed E-state index contributed by atoms with van der Waals surface area (Å²) < 4.78 is 6.74. The van der Waals surface area contributed by atoms with Crippen LogP contribution in [0.25, 0.3) is 5.52 Å². The lowest BCUT2D eigenvalue weighted by molar-refractivity contribution is 0.0683. The zero-order valence-electron chi connectivity index (χ0n) is 9.35. The van der Waals surface area contributed by atoms with Gasteiger partial charge in [-0.1, -0.05) is 11.6 Å². The smallest absolute Gasteiger partial charge is 0.337 e. The number of methoxy groups -OCH3 is 1. The van der Waals surface area contributed by atoms with Gasteiger partial charge in [0.2, 0.25) is 0 Å². The predicted molar refractivity (Wildman–Crippen MR) is 62.6 cm³/mol. The molecular weight excluding hydrogens is 244 g/mol. The molecule has 0 aliphatic heterocycles. The van der Waals surface area contributed by atoms with Crippen molar-refractivity contribution in [2.45, 2.75) is 13.0 Å². The Labute approximate surface area is 103 Å². The van der Waals surface area contributed by atoms with E-state index in [1.807, 2.05) is 0 Å². The maximum Gasteiger partial charge on any atom is 0.337 e. The second-order valence-corrected chi connectivity index (χ2v) is 4.08. The van der Waals surface area contributed by atoms with Gasteiger partial charge in [-0.25, -0.2) is 9.31 Å². The highest BCUT2D eigenvalue weighted by Gasteiger charge is 2.20. The summed E-state index contributed by atoms with van der Waals surface area (Å²) in [7, 11) is 1.53. The molecule has 0 saturated carbocycles. The van der Waals surface area contributed by atoms with E-state index in [1.54, 1.807) is 23.7 Å². The number of ether oxygens (including phenoxy) is 1. The highest BCUT2D eigenvalue weighted by molar-refractivity contribution is 6.31. The number of carboxylic acid groups (broad SMARTS) is 1. The lowest BCUT2D eigenvalue weighted by atomic mass is 10.1. The number of halogens is 1. The third-order valence-corrected chi connectivity index (χ3v) is 2.84. The molecule has 90 valence electrons. The van der Waals surface area contributed by atoms with Crippen LogP contribution in [0.4, 0.5) is 0 Å². The normalized spacial score (nSPS) is 12.9. The molecule has 1 atom stereocenters. The molecule has 1 N–H and O–H groups in total. The van der Waals surface area contributed by atoms with Crippen LogP contribution in [0.15, 0.2) is 18.5 Å². The van der Waals surface area contributed by atoms with Crippen LogP contribution in [0.2, 0.25) is 5.02 Å². The van der Waals surface area contributed by atoms with Crippen molar-refractivity contribution in [3.8, 4) is 0 Å². The van der Waals surface area contributed by atoms with Crippen molar-refractivity contribution in [3.63, 3.8) is 0 Å². The van der Waals surface area contributed by atoms with E-state index in [9.17, 15) is 4.79 Å². The van der Waals surface area contributed by atoms with Gasteiger partial charge in [-0.2, -0.15) is 5.10 Å². The van der Waals surface area contributed by atoms with Crippen molar-refractivity contribution in [3.05, 3.63) is 34.6 Å². The van der Waals surface area contributed by atoms with Gasteiger partial charge in [-0.15, -0.1) is 0 Å². The third kappa shape index (κ3) is 1.99. The van der Waals surface area contributed by atoms with E-state index < -0.39 is 5.97 Å². The first-order valence-electron chi connectivity index (χ1n) is 4.97. The minimum absolute atomic E-state index is 0.126. The highest BCUT2D eigenvalue weighted by atomic mass is 35.5. The van der Waals surface area contributed by atoms with Gasteiger partial charge in [0.1, 0.15) is 0 Å². The Morgan fingerprint density at radius 2 is 2.35 bits per heavy atom. The van der Waals surface area contributed by atoms with Crippen LogP contribution in [-0.2, 0) is 4.74 Å². The summed E-state index contributed by atoms with van der Waals surface area (Å²) in [5.74, 6) is -1.03.